The van der Waals surface area contributed by atoms with Gasteiger partial charge in [-0.25, -0.2) is 4.98 Å². The number of hydrogen-bond acceptors (Lipinski definition) is 2. The Hall–Kier alpha value is -1.49. The third kappa shape index (κ3) is 3.49. The molecule has 0 bridgehead atoms. The molecule has 1 aromatic rings. The van der Waals surface area contributed by atoms with E-state index in [9.17, 15) is 0 Å². The number of anilines is 1. The van der Waals surface area contributed by atoms with Gasteiger partial charge in [-0.05, 0) is 26.0 Å². The molecule has 0 amide bonds. The number of aromatic nitrogens is 1. The Morgan fingerprint density at radius 1 is 1.29 bits per heavy atom. The van der Waals surface area contributed by atoms with E-state index in [1.165, 1.54) is 0 Å². The third-order valence-corrected chi connectivity index (χ3v) is 1.53. The number of nitrogens with zero attached hydrogens (tertiary/aromatic N) is 1. The molecule has 0 aliphatic heterocycles. The minimum absolute atomic E-state index is 0.851. The Morgan fingerprint density at radius 3 is 2.43 bits per heavy atom. The number of pyridine rings is 1. The van der Waals surface area contributed by atoms with E-state index in [0.29, 0.717) is 0 Å². The molecule has 0 unspecified atom stereocenters. The normalized spacial score (nSPS) is 7.79. The van der Waals surface area contributed by atoms with Crippen LogP contribution in [-0.4, -0.2) is 12.0 Å². The van der Waals surface area contributed by atoms with Crippen molar-refractivity contribution in [3.8, 4) is 11.8 Å². The summed E-state index contributed by atoms with van der Waals surface area (Å²) in [6.07, 6.45) is 0. The van der Waals surface area contributed by atoms with Crippen LogP contribution in [0.1, 0.15) is 32.0 Å². The smallest absolute Gasteiger partial charge is 0.141 e. The fraction of sp³-hybridized carbons (Fsp3) is 0.417. The monoisotopic (exact) mass is 190 g/mol. The molecule has 1 aromatic heterocycles. The van der Waals surface area contributed by atoms with Crippen LogP contribution in [0.15, 0.2) is 12.1 Å². The number of aryl methyl sites for hydroxylation is 1. The van der Waals surface area contributed by atoms with Gasteiger partial charge < -0.3 is 5.32 Å². The largest absolute Gasteiger partial charge is 0.372 e. The highest BCUT2D eigenvalue weighted by Crippen LogP contribution is 2.10. The molecule has 0 aliphatic carbocycles. The molecule has 0 atom stereocenters. The Morgan fingerprint density at radius 2 is 1.93 bits per heavy atom. The van der Waals surface area contributed by atoms with Crippen molar-refractivity contribution in [3.63, 3.8) is 0 Å². The highest BCUT2D eigenvalue weighted by molar-refractivity contribution is 5.53. The summed E-state index contributed by atoms with van der Waals surface area (Å²) in [7, 11) is 1.85. The first-order valence-electron chi connectivity index (χ1n) is 4.86. The maximum absolute atomic E-state index is 4.30. The van der Waals surface area contributed by atoms with E-state index in [1.807, 2.05) is 46.9 Å². The first-order chi connectivity index (χ1) is 6.77. The summed E-state index contributed by atoms with van der Waals surface area (Å²) in [6, 6.07) is 3.94. The van der Waals surface area contributed by atoms with Crippen LogP contribution in [0.25, 0.3) is 0 Å². The van der Waals surface area contributed by atoms with Crippen LogP contribution in [0.4, 0.5) is 5.82 Å². The maximum atomic E-state index is 4.30. The van der Waals surface area contributed by atoms with Crippen molar-refractivity contribution in [2.45, 2.75) is 27.7 Å². The lowest BCUT2D eigenvalue weighted by Crippen LogP contribution is -1.96. The highest BCUT2D eigenvalue weighted by Gasteiger charge is 1.97. The molecule has 14 heavy (non-hydrogen) atoms. The molecule has 1 N–H and O–H groups in total. The lowest BCUT2D eigenvalue weighted by atomic mass is 10.2. The Labute approximate surface area is 86.8 Å². The van der Waals surface area contributed by atoms with E-state index in [2.05, 4.69) is 22.1 Å². The minimum atomic E-state index is 0.851. The molecule has 1 rings (SSSR count). The lowest BCUT2D eigenvalue weighted by molar-refractivity contribution is 1.18. The second-order valence-electron chi connectivity index (χ2n) is 2.47. The number of rotatable bonds is 1. The highest BCUT2D eigenvalue weighted by atomic mass is 15.0. The van der Waals surface area contributed by atoms with Crippen molar-refractivity contribution < 1.29 is 0 Å². The van der Waals surface area contributed by atoms with Crippen molar-refractivity contribution in [1.82, 2.24) is 4.98 Å². The van der Waals surface area contributed by atoms with Gasteiger partial charge in [-0.1, -0.05) is 19.8 Å². The fourth-order valence-corrected chi connectivity index (χ4v) is 0.983. The van der Waals surface area contributed by atoms with Crippen molar-refractivity contribution in [2.75, 3.05) is 12.4 Å². The van der Waals surface area contributed by atoms with Gasteiger partial charge in [-0.2, -0.15) is 0 Å². The van der Waals surface area contributed by atoms with Crippen LogP contribution in [0.2, 0.25) is 0 Å². The summed E-state index contributed by atoms with van der Waals surface area (Å²) in [6.45, 7) is 7.78. The molecular weight excluding hydrogens is 172 g/mol. The van der Waals surface area contributed by atoms with Crippen molar-refractivity contribution in [1.29, 1.82) is 0 Å². The van der Waals surface area contributed by atoms with Gasteiger partial charge in [0.05, 0.1) is 5.56 Å². The van der Waals surface area contributed by atoms with Crippen molar-refractivity contribution in [2.24, 2.45) is 0 Å². The standard InChI is InChI=1S/C10H12N2.C2H6/c1-4-5-9-7-6-8(2)12-10(9)11-3;1-2/h6-7H,1-3H3,(H,11,12);1-2H3. The van der Waals surface area contributed by atoms with Gasteiger partial charge in [-0.15, -0.1) is 5.92 Å². The van der Waals surface area contributed by atoms with Crippen molar-refractivity contribution in [3.05, 3.63) is 23.4 Å². The zero-order chi connectivity index (χ0) is 11.0. The van der Waals surface area contributed by atoms with Crippen LogP contribution in [0.5, 0.6) is 0 Å². The predicted molar refractivity (Wildman–Crippen MR) is 62.4 cm³/mol. The van der Waals surface area contributed by atoms with Crippen LogP contribution in [-0.2, 0) is 0 Å². The Balaban J connectivity index is 0.000000791. The van der Waals surface area contributed by atoms with Crippen molar-refractivity contribution >= 4 is 5.82 Å². The summed E-state index contributed by atoms with van der Waals surface area (Å²) in [5.41, 5.74) is 1.95. The lowest BCUT2D eigenvalue weighted by Gasteiger charge is -2.02. The van der Waals surface area contributed by atoms with Crippen LogP contribution in [0.3, 0.4) is 0 Å². The predicted octanol–water partition coefficient (Wildman–Crippen LogP) is 2.83. The Kier molecular flexibility index (Phi) is 6.22. The maximum Gasteiger partial charge on any atom is 0.141 e. The zero-order valence-electron chi connectivity index (χ0n) is 9.60. The quantitative estimate of drug-likeness (QED) is 0.689. The second kappa shape index (κ2) is 6.97. The van der Waals surface area contributed by atoms with Crippen LogP contribution >= 0.6 is 0 Å². The first kappa shape index (κ1) is 12.5. The summed E-state index contributed by atoms with van der Waals surface area (Å²) in [5.74, 6) is 6.68. The summed E-state index contributed by atoms with van der Waals surface area (Å²) < 4.78 is 0. The molecule has 0 fully saturated rings. The topological polar surface area (TPSA) is 24.9 Å². The van der Waals surface area contributed by atoms with E-state index in [-0.39, 0.29) is 0 Å². The molecule has 1 heterocycles. The molecule has 2 nitrogen and oxygen atoms in total. The summed E-state index contributed by atoms with van der Waals surface area (Å²) in [5, 5.41) is 3.01. The molecule has 0 spiro atoms. The molecule has 0 radical (unpaired) electrons. The number of nitrogens with one attached hydrogen (secondary N) is 1. The van der Waals surface area contributed by atoms with Gasteiger partial charge in [-0.3, -0.25) is 0 Å². The summed E-state index contributed by atoms with van der Waals surface area (Å²) >= 11 is 0. The molecule has 0 aliphatic rings. The van der Waals surface area contributed by atoms with Gasteiger partial charge in [0, 0.05) is 12.7 Å². The van der Waals surface area contributed by atoms with Crippen LogP contribution < -0.4 is 5.32 Å². The second-order valence-corrected chi connectivity index (χ2v) is 2.47. The van der Waals surface area contributed by atoms with Gasteiger partial charge in [0.15, 0.2) is 0 Å². The molecule has 2 heteroatoms. The molecule has 0 saturated carbocycles. The average Bonchev–Trinajstić information content (AvgIpc) is 2.24. The van der Waals surface area contributed by atoms with Gasteiger partial charge in [0.1, 0.15) is 5.82 Å². The van der Waals surface area contributed by atoms with E-state index < -0.39 is 0 Å². The van der Waals surface area contributed by atoms with Gasteiger partial charge in [0.2, 0.25) is 0 Å². The van der Waals surface area contributed by atoms with E-state index in [0.717, 1.165) is 17.1 Å². The third-order valence-electron chi connectivity index (χ3n) is 1.53. The molecule has 76 valence electrons. The van der Waals surface area contributed by atoms with Gasteiger partial charge in [0.25, 0.3) is 0 Å². The average molecular weight is 190 g/mol. The van der Waals surface area contributed by atoms with E-state index in [4.69, 9.17) is 0 Å². The SMILES string of the molecule is CC.CC#Cc1ccc(C)nc1NC. The zero-order valence-corrected chi connectivity index (χ0v) is 9.60. The van der Waals surface area contributed by atoms with E-state index >= 15 is 0 Å². The number of hydrogen-bond donors (Lipinski definition) is 1. The first-order valence-corrected chi connectivity index (χ1v) is 4.86. The fourth-order valence-electron chi connectivity index (χ4n) is 0.983. The molecular formula is C12H18N2. The Bertz CT molecular complexity index is 332. The van der Waals surface area contributed by atoms with Gasteiger partial charge >= 0.3 is 0 Å². The summed E-state index contributed by atoms with van der Waals surface area (Å²) in [4.78, 5) is 4.30. The molecule has 0 aromatic carbocycles. The minimum Gasteiger partial charge on any atom is -0.372 e. The van der Waals surface area contributed by atoms with E-state index in [1.54, 1.807) is 0 Å². The molecule has 0 saturated heterocycles. The van der Waals surface area contributed by atoms with Crippen LogP contribution in [0, 0.1) is 18.8 Å².